The van der Waals surface area contributed by atoms with Gasteiger partial charge in [0.1, 0.15) is 28.2 Å². The molecule has 1 atom stereocenters. The highest BCUT2D eigenvalue weighted by atomic mass is 32.2. The number of hydrogen-bond acceptors (Lipinski definition) is 3. The van der Waals surface area contributed by atoms with Gasteiger partial charge in [-0.05, 0) is 24.3 Å². The maximum absolute atomic E-state index is 11.0. The third kappa shape index (κ3) is 4.02. The molecule has 1 rings (SSSR count). The normalized spacial score (nSPS) is 11.5. The molecule has 1 aromatic rings. The summed E-state index contributed by atoms with van der Waals surface area (Å²) in [4.78, 5) is 7.34. The van der Waals surface area contributed by atoms with Crippen molar-refractivity contribution in [3.8, 4) is 23.8 Å². The van der Waals surface area contributed by atoms with Crippen LogP contribution in [0.25, 0.3) is 0 Å². The van der Waals surface area contributed by atoms with Crippen molar-refractivity contribution >= 4 is 11.0 Å². The molecule has 0 heterocycles. The second-order valence-corrected chi connectivity index (χ2v) is 3.70. The summed E-state index contributed by atoms with van der Waals surface area (Å²) in [5.41, 5.74) is 0. The third-order valence-electron chi connectivity index (χ3n) is 1.53. The first-order chi connectivity index (χ1) is 7.26. The zero-order valence-corrected chi connectivity index (χ0v) is 9.04. The highest BCUT2D eigenvalue weighted by Gasteiger charge is 1.98. The van der Waals surface area contributed by atoms with Crippen LogP contribution in [0.5, 0.6) is 11.5 Å². The molecule has 0 amide bonds. The van der Waals surface area contributed by atoms with Gasteiger partial charge in [0, 0.05) is 0 Å². The lowest BCUT2D eigenvalue weighted by atomic mass is 10.3. The van der Waals surface area contributed by atoms with E-state index in [1.807, 2.05) is 0 Å². The molecule has 5 heteroatoms. The lowest BCUT2D eigenvalue weighted by molar-refractivity contribution is 0.277. The van der Waals surface area contributed by atoms with Crippen LogP contribution < -0.4 is 14.5 Å². The minimum Gasteiger partial charge on any atom is -0.497 e. The zero-order chi connectivity index (χ0) is 11.1. The van der Waals surface area contributed by atoms with E-state index in [-0.39, 0.29) is 5.75 Å². The standard InChI is InChI=1S/C10H11NO3S/c1-3-8-15(12)11-14-10-6-4-9(13-2)5-7-10/h1,4-7,11H,8H2,2H3. The highest BCUT2D eigenvalue weighted by molar-refractivity contribution is 7.83. The van der Waals surface area contributed by atoms with Crippen molar-refractivity contribution < 1.29 is 13.8 Å². The number of nitrogens with one attached hydrogen (secondary N) is 1. The van der Waals surface area contributed by atoms with Crippen LogP contribution in [0.1, 0.15) is 0 Å². The Kier molecular flexibility index (Phi) is 4.68. The maximum atomic E-state index is 11.0. The Hall–Kier alpha value is -1.51. The van der Waals surface area contributed by atoms with Crippen LogP contribution in [0.3, 0.4) is 0 Å². The highest BCUT2D eigenvalue weighted by Crippen LogP contribution is 2.16. The Bertz CT molecular complexity index is 369. The molecule has 0 fully saturated rings. The molecule has 15 heavy (non-hydrogen) atoms. The van der Waals surface area contributed by atoms with Crippen molar-refractivity contribution in [1.29, 1.82) is 0 Å². The van der Waals surface area contributed by atoms with Crippen molar-refractivity contribution in [1.82, 2.24) is 4.89 Å². The number of rotatable bonds is 5. The summed E-state index contributed by atoms with van der Waals surface area (Å²) in [6, 6.07) is 6.86. The van der Waals surface area contributed by atoms with E-state index in [0.717, 1.165) is 5.75 Å². The molecule has 0 radical (unpaired) electrons. The maximum Gasteiger partial charge on any atom is 0.148 e. The van der Waals surface area contributed by atoms with Gasteiger partial charge in [-0.3, -0.25) is 0 Å². The molecular weight excluding hydrogens is 214 g/mol. The molecule has 0 aromatic heterocycles. The lowest BCUT2D eigenvalue weighted by Gasteiger charge is -2.05. The fourth-order valence-electron chi connectivity index (χ4n) is 0.844. The number of benzene rings is 1. The van der Waals surface area contributed by atoms with Gasteiger partial charge in [0.15, 0.2) is 0 Å². The molecule has 1 unspecified atom stereocenters. The van der Waals surface area contributed by atoms with Gasteiger partial charge in [-0.15, -0.1) is 6.42 Å². The smallest absolute Gasteiger partial charge is 0.148 e. The zero-order valence-electron chi connectivity index (χ0n) is 8.23. The summed E-state index contributed by atoms with van der Waals surface area (Å²) in [6.45, 7) is 0. The van der Waals surface area contributed by atoms with E-state index in [9.17, 15) is 4.21 Å². The van der Waals surface area contributed by atoms with Crippen molar-refractivity contribution in [3.63, 3.8) is 0 Å². The summed E-state index contributed by atoms with van der Waals surface area (Å²) in [5, 5.41) is 0. The van der Waals surface area contributed by atoms with Gasteiger partial charge in [-0.1, -0.05) is 10.8 Å². The largest absolute Gasteiger partial charge is 0.497 e. The van der Waals surface area contributed by atoms with Crippen LogP contribution >= 0.6 is 0 Å². The Morgan fingerprint density at radius 2 is 2.00 bits per heavy atom. The van der Waals surface area contributed by atoms with Crippen molar-refractivity contribution in [2.24, 2.45) is 0 Å². The first-order valence-corrected chi connectivity index (χ1v) is 5.46. The average Bonchev–Trinajstić information content (AvgIpc) is 2.27. The molecule has 0 bridgehead atoms. The predicted molar refractivity (Wildman–Crippen MR) is 58.6 cm³/mol. The quantitative estimate of drug-likeness (QED) is 0.597. The summed E-state index contributed by atoms with van der Waals surface area (Å²) in [5.74, 6) is 3.64. The molecule has 0 saturated heterocycles. The van der Waals surface area contributed by atoms with Gasteiger partial charge in [0.05, 0.1) is 7.11 Å². The van der Waals surface area contributed by atoms with Crippen molar-refractivity contribution in [3.05, 3.63) is 24.3 Å². The van der Waals surface area contributed by atoms with E-state index in [1.165, 1.54) is 0 Å². The van der Waals surface area contributed by atoms with Gasteiger partial charge in [0.2, 0.25) is 0 Å². The fourth-order valence-corrected chi connectivity index (χ4v) is 1.24. The summed E-state index contributed by atoms with van der Waals surface area (Å²) in [7, 11) is 0.212. The molecule has 80 valence electrons. The van der Waals surface area contributed by atoms with Gasteiger partial charge in [-0.2, -0.15) is 0 Å². The third-order valence-corrected chi connectivity index (χ3v) is 2.22. The van der Waals surface area contributed by atoms with Crippen LogP contribution in [0.4, 0.5) is 0 Å². The van der Waals surface area contributed by atoms with E-state index < -0.39 is 11.0 Å². The van der Waals surface area contributed by atoms with E-state index in [0.29, 0.717) is 5.75 Å². The molecule has 0 aliphatic rings. The summed E-state index contributed by atoms with van der Waals surface area (Å²) < 4.78 is 16.0. The van der Waals surface area contributed by atoms with Gasteiger partial charge in [0.25, 0.3) is 0 Å². The topological polar surface area (TPSA) is 47.6 Å². The summed E-state index contributed by atoms with van der Waals surface area (Å²) in [6.07, 6.45) is 4.98. The second kappa shape index (κ2) is 6.06. The molecule has 0 saturated carbocycles. The Balaban J connectivity index is 2.45. The Labute approximate surface area is 91.1 Å². The van der Waals surface area contributed by atoms with Gasteiger partial charge in [-0.25, -0.2) is 4.21 Å². The second-order valence-electron chi connectivity index (χ2n) is 2.55. The number of hydrogen-bond donors (Lipinski definition) is 1. The summed E-state index contributed by atoms with van der Waals surface area (Å²) >= 11 is 0. The van der Waals surface area contributed by atoms with Gasteiger partial charge < -0.3 is 9.57 Å². The first kappa shape index (κ1) is 11.6. The average molecular weight is 225 g/mol. The lowest BCUT2D eigenvalue weighted by Crippen LogP contribution is -2.22. The Morgan fingerprint density at radius 3 is 2.53 bits per heavy atom. The molecule has 0 aliphatic heterocycles. The number of terminal acetylenes is 1. The molecule has 1 aromatic carbocycles. The first-order valence-electron chi connectivity index (χ1n) is 4.14. The van der Waals surface area contributed by atoms with Crippen LogP contribution in [-0.4, -0.2) is 17.1 Å². The molecular formula is C10H11NO3S. The molecule has 4 nitrogen and oxygen atoms in total. The van der Waals surface area contributed by atoms with Crippen LogP contribution in [0.2, 0.25) is 0 Å². The minimum atomic E-state index is -1.37. The molecule has 0 aliphatic carbocycles. The number of methoxy groups -OCH3 is 1. The Morgan fingerprint density at radius 1 is 1.40 bits per heavy atom. The van der Waals surface area contributed by atoms with Crippen molar-refractivity contribution in [2.75, 3.05) is 12.9 Å². The number of ether oxygens (including phenoxy) is 1. The SMILES string of the molecule is C#CCS(=O)NOc1ccc(OC)cc1. The minimum absolute atomic E-state index is 0.107. The molecule has 1 N–H and O–H groups in total. The van der Waals surface area contributed by atoms with Crippen LogP contribution in [0.15, 0.2) is 24.3 Å². The van der Waals surface area contributed by atoms with E-state index in [2.05, 4.69) is 10.8 Å². The predicted octanol–water partition coefficient (Wildman–Crippen LogP) is 0.876. The molecule has 0 spiro atoms. The fraction of sp³-hybridized carbons (Fsp3) is 0.200. The van der Waals surface area contributed by atoms with E-state index in [4.69, 9.17) is 16.0 Å². The van der Waals surface area contributed by atoms with Crippen molar-refractivity contribution in [2.45, 2.75) is 0 Å². The van der Waals surface area contributed by atoms with Crippen LogP contribution in [0, 0.1) is 12.3 Å². The van der Waals surface area contributed by atoms with Gasteiger partial charge >= 0.3 is 0 Å². The van der Waals surface area contributed by atoms with E-state index >= 15 is 0 Å². The van der Waals surface area contributed by atoms with E-state index in [1.54, 1.807) is 31.4 Å². The van der Waals surface area contributed by atoms with Crippen LogP contribution in [-0.2, 0) is 11.0 Å². The monoisotopic (exact) mass is 225 g/mol.